The van der Waals surface area contributed by atoms with Crippen LogP contribution in [0.3, 0.4) is 0 Å². The smallest absolute Gasteiger partial charge is 0.257 e. The SMILES string of the molecule is Cn1ccnc1NC(=O)c1ccc(Cl)cc1. The summed E-state index contributed by atoms with van der Waals surface area (Å²) in [5, 5.41) is 3.30. The van der Waals surface area contributed by atoms with E-state index in [4.69, 9.17) is 11.6 Å². The molecule has 0 bridgehead atoms. The number of aromatic nitrogens is 2. The predicted octanol–water partition coefficient (Wildman–Crippen LogP) is 2.33. The Kier molecular flexibility index (Phi) is 2.92. The molecule has 82 valence electrons. The van der Waals surface area contributed by atoms with E-state index in [1.165, 1.54) is 0 Å². The number of hydrogen-bond acceptors (Lipinski definition) is 2. The van der Waals surface area contributed by atoms with Crippen LogP contribution in [0.1, 0.15) is 10.4 Å². The number of aryl methyl sites for hydroxylation is 1. The summed E-state index contributed by atoms with van der Waals surface area (Å²) in [5.74, 6) is 0.311. The molecule has 0 saturated heterocycles. The Morgan fingerprint density at radius 3 is 2.62 bits per heavy atom. The van der Waals surface area contributed by atoms with Crippen molar-refractivity contribution in [2.24, 2.45) is 7.05 Å². The number of benzene rings is 1. The van der Waals surface area contributed by atoms with Gasteiger partial charge in [0.15, 0.2) is 0 Å². The maximum absolute atomic E-state index is 11.8. The van der Waals surface area contributed by atoms with Gasteiger partial charge in [-0.2, -0.15) is 0 Å². The van der Waals surface area contributed by atoms with Crippen molar-refractivity contribution in [2.45, 2.75) is 0 Å². The molecular weight excluding hydrogens is 226 g/mol. The molecule has 16 heavy (non-hydrogen) atoms. The van der Waals surface area contributed by atoms with Crippen molar-refractivity contribution in [1.82, 2.24) is 9.55 Å². The molecule has 5 heteroatoms. The number of anilines is 1. The fourth-order valence-electron chi connectivity index (χ4n) is 1.26. The Bertz CT molecular complexity index is 504. The number of carbonyl (C=O) groups is 1. The van der Waals surface area contributed by atoms with E-state index in [0.717, 1.165) is 0 Å². The van der Waals surface area contributed by atoms with Gasteiger partial charge in [-0.1, -0.05) is 11.6 Å². The van der Waals surface area contributed by atoms with Crippen molar-refractivity contribution < 1.29 is 4.79 Å². The van der Waals surface area contributed by atoms with Crippen molar-refractivity contribution in [3.8, 4) is 0 Å². The van der Waals surface area contributed by atoms with Crippen LogP contribution >= 0.6 is 11.6 Å². The molecule has 1 heterocycles. The second-order valence-electron chi connectivity index (χ2n) is 3.32. The van der Waals surface area contributed by atoms with Crippen LogP contribution in [0.5, 0.6) is 0 Å². The van der Waals surface area contributed by atoms with Crippen molar-refractivity contribution in [3.05, 3.63) is 47.2 Å². The van der Waals surface area contributed by atoms with Gasteiger partial charge in [0.2, 0.25) is 5.95 Å². The second-order valence-corrected chi connectivity index (χ2v) is 3.76. The number of amides is 1. The van der Waals surface area contributed by atoms with Gasteiger partial charge < -0.3 is 4.57 Å². The molecule has 1 amide bonds. The number of hydrogen-bond donors (Lipinski definition) is 1. The van der Waals surface area contributed by atoms with E-state index in [1.807, 2.05) is 7.05 Å². The zero-order chi connectivity index (χ0) is 11.5. The normalized spacial score (nSPS) is 10.1. The van der Waals surface area contributed by atoms with Crippen LogP contribution in [-0.2, 0) is 7.05 Å². The average molecular weight is 236 g/mol. The standard InChI is InChI=1S/C11H10ClN3O/c1-15-7-6-13-11(15)14-10(16)8-2-4-9(12)5-3-8/h2-7H,1H3,(H,13,14,16). The van der Waals surface area contributed by atoms with Crippen LogP contribution in [0, 0.1) is 0 Å². The molecule has 0 aliphatic rings. The Morgan fingerprint density at radius 2 is 2.06 bits per heavy atom. The lowest BCUT2D eigenvalue weighted by atomic mass is 10.2. The minimum absolute atomic E-state index is 0.203. The summed E-state index contributed by atoms with van der Waals surface area (Å²) >= 11 is 5.74. The van der Waals surface area contributed by atoms with Gasteiger partial charge in [-0.3, -0.25) is 10.1 Å². The van der Waals surface area contributed by atoms with E-state index in [2.05, 4.69) is 10.3 Å². The molecule has 2 rings (SSSR count). The highest BCUT2D eigenvalue weighted by Gasteiger charge is 2.07. The first-order valence-corrected chi connectivity index (χ1v) is 5.09. The molecule has 1 N–H and O–H groups in total. The molecule has 0 radical (unpaired) electrons. The van der Waals surface area contributed by atoms with Gasteiger partial charge in [0, 0.05) is 30.0 Å². The number of rotatable bonds is 2. The number of carbonyl (C=O) groups excluding carboxylic acids is 1. The molecule has 0 aliphatic carbocycles. The third-order valence-electron chi connectivity index (χ3n) is 2.15. The first-order valence-electron chi connectivity index (χ1n) is 4.71. The highest BCUT2D eigenvalue weighted by Crippen LogP contribution is 2.11. The zero-order valence-electron chi connectivity index (χ0n) is 8.64. The van der Waals surface area contributed by atoms with Crippen LogP contribution in [0.15, 0.2) is 36.7 Å². The lowest BCUT2D eigenvalue weighted by Gasteiger charge is -2.04. The van der Waals surface area contributed by atoms with Crippen molar-refractivity contribution >= 4 is 23.5 Å². The maximum Gasteiger partial charge on any atom is 0.257 e. The number of nitrogens with one attached hydrogen (secondary N) is 1. The van der Waals surface area contributed by atoms with Crippen LogP contribution < -0.4 is 5.32 Å². The van der Waals surface area contributed by atoms with Crippen LogP contribution in [0.25, 0.3) is 0 Å². The van der Waals surface area contributed by atoms with Gasteiger partial charge in [-0.15, -0.1) is 0 Å². The van der Waals surface area contributed by atoms with Crippen LogP contribution in [0.2, 0.25) is 5.02 Å². The first-order chi connectivity index (χ1) is 7.66. The van der Waals surface area contributed by atoms with E-state index in [-0.39, 0.29) is 5.91 Å². The topological polar surface area (TPSA) is 46.9 Å². The molecule has 0 unspecified atom stereocenters. The summed E-state index contributed by atoms with van der Waals surface area (Å²) in [5.41, 5.74) is 0.549. The molecule has 0 atom stereocenters. The van der Waals surface area contributed by atoms with Crippen molar-refractivity contribution in [1.29, 1.82) is 0 Å². The second kappa shape index (κ2) is 4.37. The fraction of sp³-hybridized carbons (Fsp3) is 0.0909. The lowest BCUT2D eigenvalue weighted by Crippen LogP contribution is -2.14. The largest absolute Gasteiger partial charge is 0.320 e. The van der Waals surface area contributed by atoms with E-state index in [0.29, 0.717) is 16.5 Å². The maximum atomic E-state index is 11.8. The van der Waals surface area contributed by atoms with Crippen molar-refractivity contribution in [2.75, 3.05) is 5.32 Å². The summed E-state index contributed by atoms with van der Waals surface area (Å²) in [6.45, 7) is 0. The molecular formula is C11H10ClN3O. The molecule has 1 aromatic carbocycles. The Hall–Kier alpha value is -1.81. The van der Waals surface area contributed by atoms with Crippen molar-refractivity contribution in [3.63, 3.8) is 0 Å². The number of halogens is 1. The van der Waals surface area contributed by atoms with Gasteiger partial charge in [0.05, 0.1) is 0 Å². The molecule has 0 aliphatic heterocycles. The predicted molar refractivity (Wildman–Crippen MR) is 62.6 cm³/mol. The number of imidazole rings is 1. The van der Waals surface area contributed by atoms with Gasteiger partial charge in [0.25, 0.3) is 5.91 Å². The third-order valence-corrected chi connectivity index (χ3v) is 2.40. The monoisotopic (exact) mass is 235 g/mol. The van der Waals surface area contributed by atoms with Gasteiger partial charge in [-0.05, 0) is 24.3 Å². The minimum Gasteiger partial charge on any atom is -0.320 e. The first kappa shape index (κ1) is 10.7. The third kappa shape index (κ3) is 2.23. The number of nitrogens with zero attached hydrogens (tertiary/aromatic N) is 2. The quantitative estimate of drug-likeness (QED) is 0.869. The van der Waals surface area contributed by atoms with Gasteiger partial charge in [0.1, 0.15) is 0 Å². The zero-order valence-corrected chi connectivity index (χ0v) is 9.40. The summed E-state index contributed by atoms with van der Waals surface area (Å²) in [6, 6.07) is 6.69. The van der Waals surface area contributed by atoms with E-state index >= 15 is 0 Å². The Balaban J connectivity index is 2.15. The summed E-state index contributed by atoms with van der Waals surface area (Å²) < 4.78 is 1.73. The highest BCUT2D eigenvalue weighted by molar-refractivity contribution is 6.30. The minimum atomic E-state index is -0.203. The van der Waals surface area contributed by atoms with E-state index in [9.17, 15) is 4.79 Å². The Morgan fingerprint density at radius 1 is 1.38 bits per heavy atom. The van der Waals surface area contributed by atoms with Crippen LogP contribution in [-0.4, -0.2) is 15.5 Å². The summed E-state index contributed by atoms with van der Waals surface area (Å²) in [6.07, 6.45) is 3.38. The van der Waals surface area contributed by atoms with Gasteiger partial charge in [-0.25, -0.2) is 4.98 Å². The molecule has 2 aromatic rings. The average Bonchev–Trinajstić information content (AvgIpc) is 2.65. The van der Waals surface area contributed by atoms with Gasteiger partial charge >= 0.3 is 0 Å². The molecule has 1 aromatic heterocycles. The lowest BCUT2D eigenvalue weighted by molar-refractivity contribution is 0.102. The van der Waals surface area contributed by atoms with Crippen LogP contribution in [0.4, 0.5) is 5.95 Å². The highest BCUT2D eigenvalue weighted by atomic mass is 35.5. The molecule has 0 fully saturated rings. The summed E-state index contributed by atoms with van der Waals surface area (Å²) in [4.78, 5) is 15.8. The molecule has 4 nitrogen and oxygen atoms in total. The molecule has 0 saturated carbocycles. The van der Waals surface area contributed by atoms with E-state index in [1.54, 1.807) is 41.2 Å². The Labute approximate surface area is 97.9 Å². The fourth-order valence-corrected chi connectivity index (χ4v) is 1.39. The van der Waals surface area contributed by atoms with E-state index < -0.39 is 0 Å². The molecule has 0 spiro atoms. The summed E-state index contributed by atoms with van der Waals surface area (Å²) in [7, 11) is 1.81.